The maximum atomic E-state index is 13.6. The molecule has 162 valence electrons. The highest BCUT2D eigenvalue weighted by Crippen LogP contribution is 2.26. The van der Waals surface area contributed by atoms with Crippen molar-refractivity contribution in [2.75, 3.05) is 27.2 Å². The average molecular weight is 417 g/mol. The van der Waals surface area contributed by atoms with Crippen LogP contribution >= 0.6 is 0 Å². The number of carbonyl (C=O) groups is 1. The Hall–Kier alpha value is -2.92. The number of carbonyl (C=O) groups excluding carboxylic acids is 1. The van der Waals surface area contributed by atoms with E-state index >= 15 is 0 Å². The van der Waals surface area contributed by atoms with Gasteiger partial charge in [-0.3, -0.25) is 9.48 Å². The van der Waals surface area contributed by atoms with Gasteiger partial charge in [0.15, 0.2) is 0 Å². The molecule has 1 saturated heterocycles. The molecule has 5 heteroatoms. The monoisotopic (exact) mass is 416 g/mol. The van der Waals surface area contributed by atoms with Crippen molar-refractivity contribution in [3.63, 3.8) is 0 Å². The number of likely N-dealkylation sites (tertiary alicyclic amines) is 1. The molecule has 1 fully saturated rings. The molecule has 0 atom stereocenters. The Morgan fingerprint density at radius 3 is 2.19 bits per heavy atom. The van der Waals surface area contributed by atoms with E-state index in [-0.39, 0.29) is 11.9 Å². The normalized spacial score (nSPS) is 15.2. The van der Waals surface area contributed by atoms with Crippen LogP contribution in [0.2, 0.25) is 0 Å². The van der Waals surface area contributed by atoms with E-state index in [4.69, 9.17) is 5.10 Å². The summed E-state index contributed by atoms with van der Waals surface area (Å²) in [6, 6.07) is 17.0. The van der Waals surface area contributed by atoms with Gasteiger partial charge in [0.05, 0.1) is 12.1 Å². The first kappa shape index (κ1) is 21.3. The van der Waals surface area contributed by atoms with E-state index < -0.39 is 0 Å². The van der Waals surface area contributed by atoms with Crippen molar-refractivity contribution in [2.24, 2.45) is 0 Å². The van der Waals surface area contributed by atoms with Gasteiger partial charge in [-0.2, -0.15) is 5.10 Å². The standard InChI is InChI=1S/C26H32N4O/c1-19-5-9-21(10-6-19)17-30-18-24(25(27-30)22-11-7-20(2)8-12-22)26(31)29(4)23-13-15-28(3)16-14-23/h5-12,18,23H,13-17H2,1-4H3. The fraction of sp³-hybridized carbons (Fsp3) is 0.385. The first-order valence-electron chi connectivity index (χ1n) is 11.1. The van der Waals surface area contributed by atoms with Crippen LogP contribution in [0.1, 0.15) is 39.9 Å². The first-order chi connectivity index (χ1) is 14.9. The smallest absolute Gasteiger partial charge is 0.257 e. The van der Waals surface area contributed by atoms with Gasteiger partial charge in [-0.25, -0.2) is 0 Å². The molecule has 0 N–H and O–H groups in total. The van der Waals surface area contributed by atoms with Crippen LogP contribution in [0.15, 0.2) is 54.7 Å². The van der Waals surface area contributed by atoms with E-state index in [0.29, 0.717) is 12.1 Å². The zero-order valence-electron chi connectivity index (χ0n) is 19.0. The summed E-state index contributed by atoms with van der Waals surface area (Å²) in [6.07, 6.45) is 3.94. The minimum atomic E-state index is 0.0558. The van der Waals surface area contributed by atoms with Gasteiger partial charge in [0.25, 0.3) is 5.91 Å². The number of piperidine rings is 1. The number of benzene rings is 2. The molecule has 0 bridgehead atoms. The predicted molar refractivity (Wildman–Crippen MR) is 125 cm³/mol. The number of hydrogen-bond acceptors (Lipinski definition) is 3. The molecule has 31 heavy (non-hydrogen) atoms. The van der Waals surface area contributed by atoms with Crippen LogP contribution in [0.5, 0.6) is 0 Å². The van der Waals surface area contributed by atoms with Gasteiger partial charge in [0.1, 0.15) is 5.69 Å². The van der Waals surface area contributed by atoms with Crippen LogP contribution in [-0.2, 0) is 6.54 Å². The van der Waals surface area contributed by atoms with Crippen molar-refractivity contribution in [1.82, 2.24) is 19.6 Å². The Bertz CT molecular complexity index is 1030. The molecule has 2 heterocycles. The minimum Gasteiger partial charge on any atom is -0.339 e. The van der Waals surface area contributed by atoms with Gasteiger partial charge in [0, 0.05) is 24.8 Å². The van der Waals surface area contributed by atoms with E-state index in [9.17, 15) is 4.79 Å². The average Bonchev–Trinajstić information content (AvgIpc) is 3.19. The summed E-state index contributed by atoms with van der Waals surface area (Å²) in [5.74, 6) is 0.0558. The van der Waals surface area contributed by atoms with Gasteiger partial charge >= 0.3 is 0 Å². The second kappa shape index (κ2) is 9.06. The fourth-order valence-corrected chi connectivity index (χ4v) is 4.20. The first-order valence-corrected chi connectivity index (χ1v) is 11.1. The third kappa shape index (κ3) is 4.88. The quantitative estimate of drug-likeness (QED) is 0.620. The van der Waals surface area contributed by atoms with Crippen molar-refractivity contribution < 1.29 is 4.79 Å². The third-order valence-electron chi connectivity index (χ3n) is 6.34. The molecule has 4 rings (SSSR count). The van der Waals surface area contributed by atoms with Gasteiger partial charge in [-0.15, -0.1) is 0 Å². The van der Waals surface area contributed by atoms with Crippen molar-refractivity contribution in [3.05, 3.63) is 77.0 Å². The second-order valence-electron chi connectivity index (χ2n) is 8.89. The van der Waals surface area contributed by atoms with Crippen LogP contribution in [0.25, 0.3) is 11.3 Å². The summed E-state index contributed by atoms with van der Waals surface area (Å²) in [6.45, 7) is 6.85. The fourth-order valence-electron chi connectivity index (χ4n) is 4.20. The van der Waals surface area contributed by atoms with Crippen LogP contribution < -0.4 is 0 Å². The summed E-state index contributed by atoms with van der Waals surface area (Å²) in [5.41, 5.74) is 6.02. The lowest BCUT2D eigenvalue weighted by atomic mass is 10.0. The Morgan fingerprint density at radius 2 is 1.58 bits per heavy atom. The minimum absolute atomic E-state index is 0.0558. The molecule has 0 spiro atoms. The Morgan fingerprint density at radius 1 is 1.00 bits per heavy atom. The number of aryl methyl sites for hydroxylation is 2. The predicted octanol–water partition coefficient (Wildman–Crippen LogP) is 4.38. The van der Waals surface area contributed by atoms with Crippen LogP contribution in [0, 0.1) is 13.8 Å². The van der Waals surface area contributed by atoms with E-state index in [2.05, 4.69) is 74.3 Å². The molecule has 0 saturated carbocycles. The molecule has 0 unspecified atom stereocenters. The number of aromatic nitrogens is 2. The summed E-state index contributed by atoms with van der Waals surface area (Å²) in [4.78, 5) is 17.8. The van der Waals surface area contributed by atoms with Crippen molar-refractivity contribution in [2.45, 2.75) is 39.3 Å². The van der Waals surface area contributed by atoms with E-state index in [1.54, 1.807) is 0 Å². The molecule has 1 aromatic heterocycles. The molecule has 1 aliphatic heterocycles. The Labute approximate surface area is 185 Å². The SMILES string of the molecule is Cc1ccc(Cn2cc(C(=O)N(C)C3CCN(C)CC3)c(-c3ccc(C)cc3)n2)cc1. The lowest BCUT2D eigenvalue weighted by Crippen LogP contribution is -2.44. The summed E-state index contributed by atoms with van der Waals surface area (Å²) in [5, 5.41) is 4.85. The molecule has 5 nitrogen and oxygen atoms in total. The van der Waals surface area contributed by atoms with E-state index in [0.717, 1.165) is 37.2 Å². The Balaban J connectivity index is 1.65. The number of nitrogens with zero attached hydrogens (tertiary/aromatic N) is 4. The maximum Gasteiger partial charge on any atom is 0.257 e. The number of rotatable bonds is 5. The van der Waals surface area contributed by atoms with Crippen molar-refractivity contribution >= 4 is 5.91 Å². The van der Waals surface area contributed by atoms with Gasteiger partial charge < -0.3 is 9.80 Å². The molecular weight excluding hydrogens is 384 g/mol. The third-order valence-corrected chi connectivity index (χ3v) is 6.34. The Kier molecular flexibility index (Phi) is 6.23. The highest BCUT2D eigenvalue weighted by atomic mass is 16.2. The molecule has 0 radical (unpaired) electrons. The summed E-state index contributed by atoms with van der Waals surface area (Å²) >= 11 is 0. The molecular formula is C26H32N4O. The highest BCUT2D eigenvalue weighted by molar-refractivity contribution is 5.99. The number of amides is 1. The van der Waals surface area contributed by atoms with Crippen molar-refractivity contribution in [1.29, 1.82) is 0 Å². The highest BCUT2D eigenvalue weighted by Gasteiger charge is 2.28. The lowest BCUT2D eigenvalue weighted by Gasteiger charge is -2.35. The largest absolute Gasteiger partial charge is 0.339 e. The maximum absolute atomic E-state index is 13.6. The molecule has 2 aromatic carbocycles. The topological polar surface area (TPSA) is 41.4 Å². The molecule has 3 aromatic rings. The van der Waals surface area contributed by atoms with Gasteiger partial charge in [-0.05, 0) is 52.4 Å². The molecule has 0 aliphatic carbocycles. The molecule has 1 aliphatic rings. The van der Waals surface area contributed by atoms with Crippen LogP contribution in [0.3, 0.4) is 0 Å². The summed E-state index contributed by atoms with van der Waals surface area (Å²) < 4.78 is 1.90. The van der Waals surface area contributed by atoms with Crippen LogP contribution in [0.4, 0.5) is 0 Å². The van der Waals surface area contributed by atoms with E-state index in [1.807, 2.05) is 22.8 Å². The summed E-state index contributed by atoms with van der Waals surface area (Å²) in [7, 11) is 4.08. The van der Waals surface area contributed by atoms with Gasteiger partial charge in [0.2, 0.25) is 0 Å². The van der Waals surface area contributed by atoms with Crippen molar-refractivity contribution in [3.8, 4) is 11.3 Å². The number of hydrogen-bond donors (Lipinski definition) is 0. The zero-order chi connectivity index (χ0) is 22.0. The lowest BCUT2D eigenvalue weighted by molar-refractivity contribution is 0.0660. The van der Waals surface area contributed by atoms with Gasteiger partial charge in [-0.1, -0.05) is 59.7 Å². The second-order valence-corrected chi connectivity index (χ2v) is 8.89. The van der Waals surface area contributed by atoms with E-state index in [1.165, 1.54) is 16.7 Å². The van der Waals surface area contributed by atoms with Crippen LogP contribution in [-0.4, -0.2) is 58.7 Å². The zero-order valence-corrected chi connectivity index (χ0v) is 19.0. The molecule has 1 amide bonds.